The lowest BCUT2D eigenvalue weighted by molar-refractivity contribution is -0.137. The summed E-state index contributed by atoms with van der Waals surface area (Å²) in [6.07, 6.45) is 8.89. The van der Waals surface area contributed by atoms with Crippen molar-refractivity contribution >= 4 is 5.97 Å². The van der Waals surface area contributed by atoms with E-state index in [9.17, 15) is 4.79 Å². The van der Waals surface area contributed by atoms with Crippen LogP contribution in [0.5, 0.6) is 0 Å². The maximum atomic E-state index is 10.2. The van der Waals surface area contributed by atoms with Gasteiger partial charge in [0.1, 0.15) is 0 Å². The SMILES string of the molecule is CCCCCCCCNCCCC(=O)O. The fourth-order valence-corrected chi connectivity index (χ4v) is 1.52. The quantitative estimate of drug-likeness (QED) is 0.521. The molecule has 0 atom stereocenters. The third-order valence-electron chi connectivity index (χ3n) is 2.45. The minimum Gasteiger partial charge on any atom is -0.481 e. The second-order valence-corrected chi connectivity index (χ2v) is 4.02. The number of aliphatic carboxylic acids is 1. The van der Waals surface area contributed by atoms with Crippen LogP contribution in [0.3, 0.4) is 0 Å². The maximum absolute atomic E-state index is 10.2. The Balaban J connectivity index is 2.89. The van der Waals surface area contributed by atoms with E-state index in [1.54, 1.807) is 0 Å². The van der Waals surface area contributed by atoms with Gasteiger partial charge in [0, 0.05) is 6.42 Å². The van der Waals surface area contributed by atoms with Crippen molar-refractivity contribution in [1.82, 2.24) is 5.32 Å². The first-order valence-electron chi connectivity index (χ1n) is 6.20. The Labute approximate surface area is 93.3 Å². The van der Waals surface area contributed by atoms with Crippen molar-refractivity contribution in [3.63, 3.8) is 0 Å². The molecule has 0 saturated heterocycles. The molecule has 0 bridgehead atoms. The number of nitrogens with one attached hydrogen (secondary N) is 1. The van der Waals surface area contributed by atoms with Gasteiger partial charge < -0.3 is 10.4 Å². The summed E-state index contributed by atoms with van der Waals surface area (Å²) in [7, 11) is 0. The van der Waals surface area contributed by atoms with Crippen LogP contribution in [-0.4, -0.2) is 24.2 Å². The van der Waals surface area contributed by atoms with Crippen molar-refractivity contribution in [2.24, 2.45) is 0 Å². The second-order valence-electron chi connectivity index (χ2n) is 4.02. The minimum atomic E-state index is -0.698. The maximum Gasteiger partial charge on any atom is 0.303 e. The standard InChI is InChI=1S/C12H25NO2/c1-2-3-4-5-6-7-10-13-11-8-9-12(14)15/h13H,2-11H2,1H3,(H,14,15). The van der Waals surface area contributed by atoms with Crippen molar-refractivity contribution in [3.8, 4) is 0 Å². The molecule has 90 valence electrons. The van der Waals surface area contributed by atoms with Gasteiger partial charge in [-0.3, -0.25) is 4.79 Å². The number of hydrogen-bond donors (Lipinski definition) is 2. The van der Waals surface area contributed by atoms with Crippen LogP contribution in [0, 0.1) is 0 Å². The van der Waals surface area contributed by atoms with E-state index in [0.717, 1.165) is 19.5 Å². The molecule has 0 heterocycles. The molecule has 0 aliphatic heterocycles. The van der Waals surface area contributed by atoms with E-state index >= 15 is 0 Å². The summed E-state index contributed by atoms with van der Waals surface area (Å²) < 4.78 is 0. The zero-order valence-electron chi connectivity index (χ0n) is 9.93. The van der Waals surface area contributed by atoms with Crippen molar-refractivity contribution in [1.29, 1.82) is 0 Å². The molecule has 0 aromatic carbocycles. The predicted octanol–water partition coefficient (Wildman–Crippen LogP) is 2.80. The highest BCUT2D eigenvalue weighted by molar-refractivity contribution is 5.66. The molecule has 0 fully saturated rings. The van der Waals surface area contributed by atoms with Crippen LogP contribution in [0.25, 0.3) is 0 Å². The van der Waals surface area contributed by atoms with E-state index in [-0.39, 0.29) is 6.42 Å². The number of carboxylic acid groups (broad SMARTS) is 1. The highest BCUT2D eigenvalue weighted by Gasteiger charge is 1.95. The first kappa shape index (κ1) is 14.4. The Morgan fingerprint density at radius 2 is 1.60 bits per heavy atom. The van der Waals surface area contributed by atoms with Crippen LogP contribution in [0.15, 0.2) is 0 Å². The Bertz CT molecular complexity index is 149. The zero-order chi connectivity index (χ0) is 11.4. The third-order valence-corrected chi connectivity index (χ3v) is 2.45. The fourth-order valence-electron chi connectivity index (χ4n) is 1.52. The fraction of sp³-hybridized carbons (Fsp3) is 0.917. The number of carbonyl (C=O) groups is 1. The average Bonchev–Trinajstić information content (AvgIpc) is 2.20. The van der Waals surface area contributed by atoms with Gasteiger partial charge in [-0.05, 0) is 25.9 Å². The lowest BCUT2D eigenvalue weighted by atomic mass is 10.1. The van der Waals surface area contributed by atoms with E-state index in [1.165, 1.54) is 38.5 Å². The molecule has 2 N–H and O–H groups in total. The van der Waals surface area contributed by atoms with Gasteiger partial charge in [0.2, 0.25) is 0 Å². The molecule has 0 aromatic rings. The van der Waals surface area contributed by atoms with Crippen LogP contribution in [0.1, 0.15) is 58.3 Å². The van der Waals surface area contributed by atoms with E-state index in [2.05, 4.69) is 12.2 Å². The van der Waals surface area contributed by atoms with Crippen LogP contribution in [0.2, 0.25) is 0 Å². The summed E-state index contributed by atoms with van der Waals surface area (Å²) in [6, 6.07) is 0. The molecular formula is C12H25NO2. The molecule has 0 unspecified atom stereocenters. The summed E-state index contributed by atoms with van der Waals surface area (Å²) in [5.41, 5.74) is 0. The highest BCUT2D eigenvalue weighted by Crippen LogP contribution is 2.03. The first-order chi connectivity index (χ1) is 7.27. The van der Waals surface area contributed by atoms with Gasteiger partial charge in [-0.15, -0.1) is 0 Å². The number of rotatable bonds is 11. The summed E-state index contributed by atoms with van der Waals surface area (Å²) in [4.78, 5) is 10.2. The molecule has 0 radical (unpaired) electrons. The monoisotopic (exact) mass is 215 g/mol. The number of unbranched alkanes of at least 4 members (excludes halogenated alkanes) is 5. The highest BCUT2D eigenvalue weighted by atomic mass is 16.4. The average molecular weight is 215 g/mol. The van der Waals surface area contributed by atoms with Crippen LogP contribution in [0.4, 0.5) is 0 Å². The van der Waals surface area contributed by atoms with Gasteiger partial charge in [0.25, 0.3) is 0 Å². The van der Waals surface area contributed by atoms with Crippen LogP contribution in [-0.2, 0) is 4.79 Å². The first-order valence-corrected chi connectivity index (χ1v) is 6.20. The molecule has 0 aromatic heterocycles. The molecular weight excluding hydrogens is 190 g/mol. The summed E-state index contributed by atoms with van der Waals surface area (Å²) >= 11 is 0. The molecule has 0 amide bonds. The van der Waals surface area contributed by atoms with Gasteiger partial charge in [0.15, 0.2) is 0 Å². The van der Waals surface area contributed by atoms with Gasteiger partial charge in [-0.2, -0.15) is 0 Å². The largest absolute Gasteiger partial charge is 0.481 e. The smallest absolute Gasteiger partial charge is 0.303 e. The molecule has 0 rings (SSSR count). The molecule has 0 spiro atoms. The third kappa shape index (κ3) is 13.4. The molecule has 0 aliphatic rings. The Hall–Kier alpha value is -0.570. The van der Waals surface area contributed by atoms with E-state index in [4.69, 9.17) is 5.11 Å². The van der Waals surface area contributed by atoms with Crippen LogP contribution < -0.4 is 5.32 Å². The minimum absolute atomic E-state index is 0.281. The summed E-state index contributed by atoms with van der Waals surface area (Å²) in [6.45, 7) is 4.09. The van der Waals surface area contributed by atoms with Crippen molar-refractivity contribution in [2.75, 3.05) is 13.1 Å². The second kappa shape index (κ2) is 11.5. The molecule has 0 saturated carbocycles. The van der Waals surface area contributed by atoms with E-state index < -0.39 is 5.97 Å². The molecule has 15 heavy (non-hydrogen) atoms. The molecule has 3 nitrogen and oxygen atoms in total. The van der Waals surface area contributed by atoms with E-state index in [0.29, 0.717) is 0 Å². The molecule has 3 heteroatoms. The normalized spacial score (nSPS) is 10.5. The van der Waals surface area contributed by atoms with Gasteiger partial charge >= 0.3 is 5.97 Å². The van der Waals surface area contributed by atoms with Crippen LogP contribution >= 0.6 is 0 Å². The topological polar surface area (TPSA) is 49.3 Å². The van der Waals surface area contributed by atoms with E-state index in [1.807, 2.05) is 0 Å². The zero-order valence-corrected chi connectivity index (χ0v) is 9.93. The Morgan fingerprint density at radius 1 is 1.00 bits per heavy atom. The van der Waals surface area contributed by atoms with Gasteiger partial charge in [-0.25, -0.2) is 0 Å². The summed E-state index contributed by atoms with van der Waals surface area (Å²) in [5, 5.41) is 11.7. The van der Waals surface area contributed by atoms with Crippen molar-refractivity contribution in [3.05, 3.63) is 0 Å². The van der Waals surface area contributed by atoms with Crippen molar-refractivity contribution < 1.29 is 9.90 Å². The number of carboxylic acids is 1. The van der Waals surface area contributed by atoms with Gasteiger partial charge in [-0.1, -0.05) is 39.0 Å². The Kier molecular flexibility index (Phi) is 11.1. The lowest BCUT2D eigenvalue weighted by Crippen LogP contribution is -2.17. The Morgan fingerprint density at radius 3 is 2.27 bits per heavy atom. The van der Waals surface area contributed by atoms with Gasteiger partial charge in [0.05, 0.1) is 0 Å². The predicted molar refractivity (Wildman–Crippen MR) is 63.1 cm³/mol. The lowest BCUT2D eigenvalue weighted by Gasteiger charge is -2.03. The summed E-state index contributed by atoms with van der Waals surface area (Å²) in [5.74, 6) is -0.698. The molecule has 0 aliphatic carbocycles. The number of hydrogen-bond acceptors (Lipinski definition) is 2. The van der Waals surface area contributed by atoms with Crippen molar-refractivity contribution in [2.45, 2.75) is 58.3 Å².